The lowest BCUT2D eigenvalue weighted by atomic mass is 9.56. The zero-order chi connectivity index (χ0) is 34.8. The Morgan fingerprint density at radius 2 is 1.61 bits per heavy atom. The summed E-state index contributed by atoms with van der Waals surface area (Å²) in [4.78, 5) is 49.4. The predicted octanol–water partition coefficient (Wildman–Crippen LogP) is -0.101. The van der Waals surface area contributed by atoms with Crippen molar-refractivity contribution < 1.29 is 67.9 Å². The van der Waals surface area contributed by atoms with Crippen LogP contribution in [0.25, 0.3) is 5.57 Å². The smallest absolute Gasteiger partial charge is 0.339 e. The second-order valence-electron chi connectivity index (χ2n) is 10.9. The molecule has 3 aliphatic carbocycles. The minimum absolute atomic E-state index is 0.167. The second kappa shape index (κ2) is 11.4. The van der Waals surface area contributed by atoms with E-state index >= 15 is 0 Å². The number of fused-ring (bicyclic) bond motifs is 3. The highest BCUT2D eigenvalue weighted by atomic mass is 32.2. The first-order valence-corrected chi connectivity index (χ1v) is 14.5. The molecule has 10 N–H and O–H groups in total. The van der Waals surface area contributed by atoms with Crippen LogP contribution in [0.5, 0.6) is 11.5 Å². The number of para-hydroxylation sites is 1. The number of carbonyl (C=O) groups excluding carboxylic acids is 3. The van der Waals surface area contributed by atoms with Crippen molar-refractivity contribution in [3.63, 3.8) is 0 Å². The van der Waals surface area contributed by atoms with Crippen molar-refractivity contribution in [2.24, 2.45) is 17.6 Å². The van der Waals surface area contributed by atoms with Gasteiger partial charge in [0.2, 0.25) is 5.78 Å². The first kappa shape index (κ1) is 33.8. The predicted molar refractivity (Wildman–Crippen MR) is 155 cm³/mol. The van der Waals surface area contributed by atoms with Gasteiger partial charge in [0, 0.05) is 5.92 Å². The van der Waals surface area contributed by atoms with Gasteiger partial charge in [-0.3, -0.25) is 23.8 Å². The van der Waals surface area contributed by atoms with Crippen LogP contribution in [0.4, 0.5) is 0 Å². The number of nitrogens with zero attached hydrogens (tertiary/aromatic N) is 1. The maximum Gasteiger partial charge on any atom is 0.339 e. The maximum absolute atomic E-state index is 13.3. The second-order valence-corrected chi connectivity index (χ2v) is 12.3. The minimum Gasteiger partial charge on any atom is -0.510 e. The summed E-state index contributed by atoms with van der Waals surface area (Å²) in [7, 11) is -1.67. The van der Waals surface area contributed by atoms with Crippen LogP contribution in [0.2, 0.25) is 0 Å². The first-order valence-electron chi connectivity index (χ1n) is 13.1. The third kappa shape index (κ3) is 4.90. The Hall–Kier alpha value is -5.07. The van der Waals surface area contributed by atoms with Crippen LogP contribution in [0.15, 0.2) is 70.5 Å². The van der Waals surface area contributed by atoms with E-state index in [1.807, 2.05) is 0 Å². The molecule has 17 heteroatoms. The molecule has 0 aliphatic heterocycles. The molecule has 244 valence electrons. The molecule has 5 atom stereocenters. The number of rotatable bonds is 4. The van der Waals surface area contributed by atoms with Gasteiger partial charge in [-0.2, -0.15) is 8.42 Å². The molecule has 0 radical (unpaired) electrons. The molecule has 1 amide bonds. The number of carbonyl (C=O) groups is 4. The van der Waals surface area contributed by atoms with E-state index in [9.17, 15) is 58.2 Å². The Kier molecular flexibility index (Phi) is 8.36. The van der Waals surface area contributed by atoms with Crippen molar-refractivity contribution in [1.82, 2.24) is 4.90 Å². The third-order valence-electron chi connectivity index (χ3n) is 8.11. The molecule has 3 aliphatic rings. The molecule has 0 saturated carbocycles. The Morgan fingerprint density at radius 3 is 2.13 bits per heavy atom. The van der Waals surface area contributed by atoms with Gasteiger partial charge in [0.05, 0.1) is 29.2 Å². The highest BCUT2D eigenvalue weighted by Crippen LogP contribution is 2.54. The zero-order valence-corrected chi connectivity index (χ0v) is 24.8. The number of phenolic OH excluding ortho intramolecular Hbond substituents is 1. The number of Topliss-reactive ketones (excluding diaryl/α,β-unsaturated/α-hetero) is 2. The van der Waals surface area contributed by atoms with E-state index in [0.717, 1.165) is 18.2 Å². The van der Waals surface area contributed by atoms with E-state index < -0.39 is 108 Å². The van der Waals surface area contributed by atoms with E-state index in [1.54, 1.807) is 0 Å². The summed E-state index contributed by atoms with van der Waals surface area (Å²) >= 11 is 0. The number of amides is 1. The molecule has 0 heterocycles. The molecular weight excluding hydrogens is 632 g/mol. The van der Waals surface area contributed by atoms with Gasteiger partial charge >= 0.3 is 5.97 Å². The van der Waals surface area contributed by atoms with Gasteiger partial charge in [-0.05, 0) is 43.4 Å². The Morgan fingerprint density at radius 1 is 1.02 bits per heavy atom. The van der Waals surface area contributed by atoms with Gasteiger partial charge in [0.25, 0.3) is 16.0 Å². The average molecular weight is 661 g/mol. The summed E-state index contributed by atoms with van der Waals surface area (Å²) in [6.07, 6.45) is -1.69. The molecule has 46 heavy (non-hydrogen) atoms. The average Bonchev–Trinajstić information content (AvgIpc) is 2.94. The molecule has 0 unspecified atom stereocenters. The van der Waals surface area contributed by atoms with E-state index in [-0.39, 0.29) is 16.7 Å². The van der Waals surface area contributed by atoms with Crippen LogP contribution >= 0.6 is 0 Å². The van der Waals surface area contributed by atoms with Gasteiger partial charge in [-0.25, -0.2) is 4.79 Å². The number of nitrogens with two attached hydrogens (primary N) is 1. The van der Waals surface area contributed by atoms with Crippen LogP contribution in [0.1, 0.15) is 26.3 Å². The summed E-state index contributed by atoms with van der Waals surface area (Å²) in [6.45, 7) is 3.91. The molecule has 0 bridgehead atoms. The number of hydrogen-bond acceptors (Lipinski definition) is 13. The van der Waals surface area contributed by atoms with Crippen molar-refractivity contribution in [3.05, 3.63) is 82.3 Å². The molecule has 0 saturated heterocycles. The number of benzene rings is 2. The SMILES string of the molecule is C=C1c2cccc(O)c2C(=O)C2=C(O)[C@]3(O)C(=O)C(C(N)=O)=C(O)[C@@H](N(C)C)[C@@H]3[C@@H](O)[C@H]12.O=C(O)c1cccc(S(=O)(=O)O)c1O. The number of hydrogen-bond donors (Lipinski definition) is 9. The van der Waals surface area contributed by atoms with E-state index in [4.69, 9.17) is 15.4 Å². The number of carboxylic acids is 1. The summed E-state index contributed by atoms with van der Waals surface area (Å²) < 4.78 is 29.9. The Bertz CT molecular complexity index is 1910. The molecular formula is C29H28N2O14S. The number of likely N-dealkylation sites (N-methyl/N-ethyl adjacent to an activating group) is 1. The fourth-order valence-electron chi connectivity index (χ4n) is 6.12. The molecule has 0 aromatic heterocycles. The van der Waals surface area contributed by atoms with E-state index in [0.29, 0.717) is 0 Å². The fourth-order valence-corrected chi connectivity index (χ4v) is 6.72. The Labute approximate surface area is 260 Å². The van der Waals surface area contributed by atoms with Crippen LogP contribution in [0, 0.1) is 11.8 Å². The third-order valence-corrected chi connectivity index (χ3v) is 9.00. The van der Waals surface area contributed by atoms with Crippen molar-refractivity contribution in [3.8, 4) is 11.5 Å². The number of aromatic hydroxyl groups is 2. The normalized spacial score (nSPS) is 25.7. The molecule has 16 nitrogen and oxygen atoms in total. The van der Waals surface area contributed by atoms with E-state index in [1.165, 1.54) is 37.2 Å². The highest BCUT2D eigenvalue weighted by Gasteiger charge is 2.67. The van der Waals surface area contributed by atoms with Crippen LogP contribution < -0.4 is 5.73 Å². The lowest BCUT2D eigenvalue weighted by molar-refractivity contribution is -0.159. The van der Waals surface area contributed by atoms with Crippen molar-refractivity contribution in [1.29, 1.82) is 0 Å². The van der Waals surface area contributed by atoms with Crippen molar-refractivity contribution >= 4 is 39.1 Å². The van der Waals surface area contributed by atoms with Crippen LogP contribution in [-0.2, 0) is 19.7 Å². The molecule has 2 aromatic carbocycles. The van der Waals surface area contributed by atoms with Crippen LogP contribution in [0.3, 0.4) is 0 Å². The number of carboxylic acid groups (broad SMARTS) is 1. The van der Waals surface area contributed by atoms with Crippen molar-refractivity contribution in [2.75, 3.05) is 14.1 Å². The lowest BCUT2D eigenvalue weighted by Crippen LogP contribution is -2.68. The zero-order valence-electron chi connectivity index (χ0n) is 23.9. The minimum atomic E-state index is -4.60. The number of ketones is 2. The molecule has 0 fully saturated rings. The number of phenols is 2. The summed E-state index contributed by atoms with van der Waals surface area (Å²) in [5.41, 5.74) is 0.476. The van der Waals surface area contributed by atoms with Gasteiger partial charge in [-0.1, -0.05) is 24.8 Å². The number of primary amides is 1. The molecule has 0 spiro atoms. The van der Waals surface area contributed by atoms with Gasteiger partial charge in [0.1, 0.15) is 33.3 Å². The number of aliphatic hydroxyl groups is 4. The van der Waals surface area contributed by atoms with Crippen LogP contribution in [-0.4, -0.2) is 109 Å². The first-order chi connectivity index (χ1) is 21.2. The standard InChI is InChI=1S/C22H22N2O8.C7H6O6S/c1-7-8-5-4-6-9(25)11(8)16(26)12-10(7)17(27)14-15(24(2)3)18(28)13(21(23)31)20(30)22(14,32)19(12)29;8-6-4(7(9)10)2-1-3-5(6)14(11,12)13/h4-6,10,14-15,17,25,27-29,32H,1H2,2-3H3,(H2,23,31);1-3,8H,(H,9,10)(H,11,12,13)/t10-,14-,15+,17+,22+;/m1./s1. The number of aromatic carboxylic acids is 1. The summed E-state index contributed by atoms with van der Waals surface area (Å²) in [5.74, 6) is -11.2. The highest BCUT2D eigenvalue weighted by molar-refractivity contribution is 7.86. The molecule has 5 rings (SSSR count). The topological polar surface area (TPSA) is 294 Å². The summed E-state index contributed by atoms with van der Waals surface area (Å²) in [5, 5.41) is 72.5. The maximum atomic E-state index is 13.3. The largest absolute Gasteiger partial charge is 0.510 e. The summed E-state index contributed by atoms with van der Waals surface area (Å²) in [6, 6.07) is 5.95. The van der Waals surface area contributed by atoms with Gasteiger partial charge in [-0.15, -0.1) is 0 Å². The lowest BCUT2D eigenvalue weighted by Gasteiger charge is -2.52. The number of aliphatic hydroxyl groups excluding tert-OH is 3. The monoisotopic (exact) mass is 660 g/mol. The fraction of sp³-hybridized carbons (Fsp3) is 0.241. The van der Waals surface area contributed by atoms with Crippen molar-refractivity contribution in [2.45, 2.75) is 22.6 Å². The van der Waals surface area contributed by atoms with E-state index in [2.05, 4.69) is 6.58 Å². The quantitative estimate of drug-likeness (QED) is 0.153. The van der Waals surface area contributed by atoms with Gasteiger partial charge < -0.3 is 41.5 Å². The Balaban J connectivity index is 0.000000288. The van der Waals surface area contributed by atoms with Gasteiger partial charge in [0.15, 0.2) is 17.1 Å². The molecule has 2 aromatic rings.